The molecule has 68 valence electrons. The fourth-order valence-corrected chi connectivity index (χ4v) is 2.09. The summed E-state index contributed by atoms with van der Waals surface area (Å²) in [5.74, 6) is -0.270. The highest BCUT2D eigenvalue weighted by Gasteiger charge is 2.03. The lowest BCUT2D eigenvalue weighted by atomic mass is 10.3. The van der Waals surface area contributed by atoms with Crippen LogP contribution in [0.4, 0.5) is 4.39 Å². The van der Waals surface area contributed by atoms with Gasteiger partial charge in [-0.2, -0.15) is 0 Å². The predicted octanol–water partition coefficient (Wildman–Crippen LogP) is 1.97. The van der Waals surface area contributed by atoms with Gasteiger partial charge in [-0.1, -0.05) is 0 Å². The first kappa shape index (κ1) is 8.59. The summed E-state index contributed by atoms with van der Waals surface area (Å²) < 4.78 is 13.7. The summed E-state index contributed by atoms with van der Waals surface area (Å²) in [5, 5.41) is 9.54. The van der Waals surface area contributed by atoms with Gasteiger partial charge in [0.05, 0.1) is 15.2 Å². The van der Waals surface area contributed by atoms with E-state index in [1.165, 1.54) is 23.5 Å². The molecule has 0 saturated carbocycles. The van der Waals surface area contributed by atoms with E-state index in [1.54, 1.807) is 6.07 Å². The second kappa shape index (κ2) is 3.40. The van der Waals surface area contributed by atoms with Crippen molar-refractivity contribution in [3.63, 3.8) is 0 Å². The van der Waals surface area contributed by atoms with Gasteiger partial charge in [0.15, 0.2) is 0 Å². The third-order valence-electron chi connectivity index (χ3n) is 1.72. The van der Waals surface area contributed by atoms with Gasteiger partial charge in [-0.3, -0.25) is 0 Å². The fraction of sp³-hybridized carbons (Fsp3) is 0.222. The molecule has 0 aliphatic carbocycles. The summed E-state index contributed by atoms with van der Waals surface area (Å²) in [6, 6.07) is 4.54. The van der Waals surface area contributed by atoms with Crippen LogP contribution in [0.1, 0.15) is 5.01 Å². The minimum Gasteiger partial charge on any atom is -0.396 e. The Hall–Kier alpha value is -1.00. The third-order valence-corrected chi connectivity index (χ3v) is 2.82. The van der Waals surface area contributed by atoms with Crippen molar-refractivity contribution >= 4 is 21.6 Å². The van der Waals surface area contributed by atoms with Crippen LogP contribution in [0.2, 0.25) is 0 Å². The number of hydrogen-bond acceptors (Lipinski definition) is 3. The van der Waals surface area contributed by atoms with E-state index < -0.39 is 0 Å². The normalized spacial score (nSPS) is 10.9. The third kappa shape index (κ3) is 1.68. The van der Waals surface area contributed by atoms with Crippen LogP contribution in [-0.2, 0) is 6.42 Å². The highest BCUT2D eigenvalue weighted by molar-refractivity contribution is 7.18. The highest BCUT2D eigenvalue weighted by Crippen LogP contribution is 2.22. The number of rotatable bonds is 2. The molecule has 0 amide bonds. The van der Waals surface area contributed by atoms with Crippen LogP contribution in [0.5, 0.6) is 0 Å². The van der Waals surface area contributed by atoms with Crippen molar-refractivity contribution in [2.24, 2.45) is 0 Å². The molecule has 1 aromatic heterocycles. The van der Waals surface area contributed by atoms with Crippen LogP contribution >= 0.6 is 11.3 Å². The SMILES string of the molecule is OCCc1nc2cc(F)ccc2s1. The zero-order chi connectivity index (χ0) is 9.26. The van der Waals surface area contributed by atoms with Crippen LogP contribution in [0.15, 0.2) is 18.2 Å². The van der Waals surface area contributed by atoms with E-state index >= 15 is 0 Å². The Labute approximate surface area is 78.7 Å². The fourth-order valence-electron chi connectivity index (χ4n) is 1.15. The molecule has 2 rings (SSSR count). The molecular formula is C9H8FNOS. The maximum Gasteiger partial charge on any atom is 0.125 e. The number of halogens is 1. The Bertz CT molecular complexity index is 426. The maximum absolute atomic E-state index is 12.7. The van der Waals surface area contributed by atoms with Crippen molar-refractivity contribution in [1.29, 1.82) is 0 Å². The Kier molecular flexibility index (Phi) is 2.24. The second-order valence-electron chi connectivity index (χ2n) is 2.69. The number of nitrogens with zero attached hydrogens (tertiary/aromatic N) is 1. The Morgan fingerprint density at radius 2 is 2.31 bits per heavy atom. The molecule has 1 aromatic carbocycles. The van der Waals surface area contributed by atoms with Crippen LogP contribution in [0.25, 0.3) is 10.2 Å². The first-order valence-electron chi connectivity index (χ1n) is 3.95. The molecular weight excluding hydrogens is 189 g/mol. The molecule has 0 saturated heterocycles. The Morgan fingerprint density at radius 1 is 1.46 bits per heavy atom. The molecule has 0 bridgehead atoms. The topological polar surface area (TPSA) is 33.1 Å². The number of benzene rings is 1. The van der Waals surface area contributed by atoms with Crippen LogP contribution in [-0.4, -0.2) is 16.7 Å². The number of aliphatic hydroxyl groups is 1. The summed E-state index contributed by atoms with van der Waals surface area (Å²) >= 11 is 1.49. The van der Waals surface area contributed by atoms with E-state index in [-0.39, 0.29) is 12.4 Å². The molecule has 1 N–H and O–H groups in total. The van der Waals surface area contributed by atoms with Crippen molar-refractivity contribution in [2.45, 2.75) is 6.42 Å². The van der Waals surface area contributed by atoms with Crippen LogP contribution in [0, 0.1) is 5.82 Å². The van der Waals surface area contributed by atoms with E-state index in [0.29, 0.717) is 11.9 Å². The van der Waals surface area contributed by atoms with E-state index in [0.717, 1.165) is 9.71 Å². The van der Waals surface area contributed by atoms with Gasteiger partial charge in [0.1, 0.15) is 5.82 Å². The second-order valence-corrected chi connectivity index (χ2v) is 3.81. The smallest absolute Gasteiger partial charge is 0.125 e. The molecule has 0 spiro atoms. The molecule has 13 heavy (non-hydrogen) atoms. The number of aromatic nitrogens is 1. The van der Waals surface area contributed by atoms with Crippen molar-refractivity contribution in [3.05, 3.63) is 29.0 Å². The first-order valence-corrected chi connectivity index (χ1v) is 4.77. The quantitative estimate of drug-likeness (QED) is 0.798. The molecule has 0 aliphatic heterocycles. The predicted molar refractivity (Wildman–Crippen MR) is 50.4 cm³/mol. The van der Waals surface area contributed by atoms with Crippen molar-refractivity contribution < 1.29 is 9.50 Å². The van der Waals surface area contributed by atoms with Crippen molar-refractivity contribution in [2.75, 3.05) is 6.61 Å². The lowest BCUT2D eigenvalue weighted by Crippen LogP contribution is -1.87. The van der Waals surface area contributed by atoms with Gasteiger partial charge in [0, 0.05) is 19.1 Å². The van der Waals surface area contributed by atoms with Crippen LogP contribution in [0.3, 0.4) is 0 Å². The number of thiazole rings is 1. The monoisotopic (exact) mass is 197 g/mol. The molecule has 2 aromatic rings. The van der Waals surface area contributed by atoms with Gasteiger partial charge in [-0.25, -0.2) is 9.37 Å². The van der Waals surface area contributed by atoms with Crippen LogP contribution < -0.4 is 0 Å². The lowest BCUT2D eigenvalue weighted by molar-refractivity contribution is 0.299. The van der Waals surface area contributed by atoms with E-state index in [2.05, 4.69) is 4.98 Å². The Balaban J connectivity index is 2.49. The minimum atomic E-state index is -0.270. The highest BCUT2D eigenvalue weighted by atomic mass is 32.1. The average Bonchev–Trinajstić information content (AvgIpc) is 2.46. The van der Waals surface area contributed by atoms with E-state index in [9.17, 15) is 4.39 Å². The summed E-state index contributed by atoms with van der Waals surface area (Å²) in [7, 11) is 0. The Morgan fingerprint density at radius 3 is 3.08 bits per heavy atom. The van der Waals surface area contributed by atoms with Gasteiger partial charge < -0.3 is 5.11 Å². The van der Waals surface area contributed by atoms with Gasteiger partial charge >= 0.3 is 0 Å². The molecule has 0 radical (unpaired) electrons. The summed E-state index contributed by atoms with van der Waals surface area (Å²) in [6.45, 7) is 0.0856. The first-order chi connectivity index (χ1) is 6.29. The number of aliphatic hydroxyl groups excluding tert-OH is 1. The largest absolute Gasteiger partial charge is 0.396 e. The van der Waals surface area contributed by atoms with Gasteiger partial charge in [0.25, 0.3) is 0 Å². The van der Waals surface area contributed by atoms with E-state index in [4.69, 9.17) is 5.11 Å². The molecule has 2 nitrogen and oxygen atoms in total. The standard InChI is InChI=1S/C9H8FNOS/c10-6-1-2-8-7(5-6)11-9(13-8)3-4-12/h1-2,5,12H,3-4H2. The van der Waals surface area contributed by atoms with Crippen molar-refractivity contribution in [3.8, 4) is 0 Å². The minimum absolute atomic E-state index is 0.0856. The summed E-state index contributed by atoms with van der Waals surface area (Å²) in [4.78, 5) is 4.18. The molecule has 0 atom stereocenters. The van der Waals surface area contributed by atoms with E-state index in [1.807, 2.05) is 0 Å². The molecule has 4 heteroatoms. The van der Waals surface area contributed by atoms with Gasteiger partial charge in [-0.05, 0) is 12.1 Å². The zero-order valence-corrected chi connectivity index (χ0v) is 7.64. The lowest BCUT2D eigenvalue weighted by Gasteiger charge is -1.85. The van der Waals surface area contributed by atoms with Gasteiger partial charge in [0.2, 0.25) is 0 Å². The maximum atomic E-state index is 12.7. The average molecular weight is 197 g/mol. The summed E-state index contributed by atoms with van der Waals surface area (Å²) in [5.41, 5.74) is 0.674. The molecule has 0 aliphatic rings. The molecule has 0 fully saturated rings. The zero-order valence-electron chi connectivity index (χ0n) is 6.83. The number of hydrogen-bond donors (Lipinski definition) is 1. The number of fused-ring (bicyclic) bond motifs is 1. The van der Waals surface area contributed by atoms with Crippen molar-refractivity contribution in [1.82, 2.24) is 4.98 Å². The molecule has 1 heterocycles. The summed E-state index contributed by atoms with van der Waals surface area (Å²) in [6.07, 6.45) is 0.543. The molecule has 0 unspecified atom stereocenters. The van der Waals surface area contributed by atoms with Gasteiger partial charge in [-0.15, -0.1) is 11.3 Å².